The van der Waals surface area contributed by atoms with Crippen LogP contribution in [0.25, 0.3) is 0 Å². The van der Waals surface area contributed by atoms with Gasteiger partial charge >= 0.3 is 0 Å². The lowest BCUT2D eigenvalue weighted by molar-refractivity contribution is 0.101. The molecule has 0 aliphatic rings. The summed E-state index contributed by atoms with van der Waals surface area (Å²) in [5.74, 6) is 0.0845. The van der Waals surface area contributed by atoms with Gasteiger partial charge in [0.25, 0.3) is 0 Å². The number of Topliss-reactive ketones (excluding diaryl/α,β-unsaturated/α-hetero) is 1. The third-order valence-electron chi connectivity index (χ3n) is 3.21. The van der Waals surface area contributed by atoms with E-state index >= 15 is 0 Å². The van der Waals surface area contributed by atoms with Gasteiger partial charge in [0.05, 0.1) is 6.54 Å². The molecule has 2 rings (SSSR count). The number of carbonyl (C=O) groups excluding carboxylic acids is 1. The monoisotopic (exact) mass is 322 g/mol. The first-order valence-electron chi connectivity index (χ1n) is 6.77. The molecule has 0 amide bonds. The molecule has 0 atom stereocenters. The average molecular weight is 323 g/mol. The van der Waals surface area contributed by atoms with E-state index in [-0.39, 0.29) is 11.2 Å². The highest BCUT2D eigenvalue weighted by Gasteiger charge is 2.19. The van der Waals surface area contributed by atoms with Crippen LogP contribution in [0.3, 0.4) is 0 Å². The van der Waals surface area contributed by atoms with Crippen LogP contribution in [0, 0.1) is 0 Å². The molecule has 3 nitrogen and oxygen atoms in total. The fourth-order valence-electron chi connectivity index (χ4n) is 2.09. The van der Waals surface area contributed by atoms with E-state index in [2.05, 4.69) is 31.1 Å². The van der Waals surface area contributed by atoms with Crippen molar-refractivity contribution in [3.05, 3.63) is 44.9 Å². The molecule has 0 radical (unpaired) electrons. The minimum Gasteiger partial charge on any atom is -0.380 e. The summed E-state index contributed by atoms with van der Waals surface area (Å²) in [5.41, 5.74) is 2.87. The Labute approximate surface area is 134 Å². The Hall–Kier alpha value is -1.39. The lowest BCUT2D eigenvalue weighted by Gasteiger charge is -2.24. The van der Waals surface area contributed by atoms with Gasteiger partial charge in [-0.05, 0) is 36.1 Å². The molecule has 0 bridgehead atoms. The van der Waals surface area contributed by atoms with E-state index in [0.29, 0.717) is 11.0 Å². The van der Waals surface area contributed by atoms with Crippen molar-refractivity contribution in [1.29, 1.82) is 0 Å². The predicted molar refractivity (Wildman–Crippen MR) is 89.6 cm³/mol. The summed E-state index contributed by atoms with van der Waals surface area (Å²) >= 11 is 7.31. The summed E-state index contributed by atoms with van der Waals surface area (Å²) in [6.45, 7) is 8.68. The first kappa shape index (κ1) is 16.0. The number of aromatic nitrogens is 1. The molecule has 0 aliphatic heterocycles. The van der Waals surface area contributed by atoms with Crippen LogP contribution >= 0.6 is 22.9 Å². The Morgan fingerprint density at radius 1 is 1.38 bits per heavy atom. The van der Waals surface area contributed by atoms with Gasteiger partial charge < -0.3 is 5.32 Å². The summed E-state index contributed by atoms with van der Waals surface area (Å²) in [6.07, 6.45) is 1.78. The molecule has 0 unspecified atom stereocenters. The average Bonchev–Trinajstić information content (AvgIpc) is 2.81. The van der Waals surface area contributed by atoms with Gasteiger partial charge in [-0.1, -0.05) is 32.4 Å². The fourth-order valence-corrected chi connectivity index (χ4v) is 3.00. The number of anilines is 1. The molecule has 1 aromatic heterocycles. The summed E-state index contributed by atoms with van der Waals surface area (Å²) in [7, 11) is 0. The highest BCUT2D eigenvalue weighted by atomic mass is 35.5. The maximum absolute atomic E-state index is 11.6. The molecule has 0 fully saturated rings. The van der Waals surface area contributed by atoms with E-state index in [9.17, 15) is 4.79 Å². The van der Waals surface area contributed by atoms with Crippen molar-refractivity contribution in [3.63, 3.8) is 0 Å². The summed E-state index contributed by atoms with van der Waals surface area (Å²) in [5, 5.41) is 3.42. The van der Waals surface area contributed by atoms with Crippen molar-refractivity contribution in [3.8, 4) is 0 Å². The predicted octanol–water partition coefficient (Wildman–Crippen LogP) is 4.91. The molecule has 0 aliphatic carbocycles. The van der Waals surface area contributed by atoms with E-state index in [1.807, 2.05) is 18.2 Å². The van der Waals surface area contributed by atoms with Gasteiger partial charge in [0, 0.05) is 22.3 Å². The van der Waals surface area contributed by atoms with Crippen molar-refractivity contribution in [1.82, 2.24) is 4.98 Å². The first-order chi connectivity index (χ1) is 9.77. The molecule has 0 spiro atoms. The maximum atomic E-state index is 11.6. The minimum atomic E-state index is -0.0425. The maximum Gasteiger partial charge on any atom is 0.183 e. The number of rotatable bonds is 4. The first-order valence-corrected chi connectivity index (χ1v) is 7.96. The van der Waals surface area contributed by atoms with Crippen LogP contribution in [0.5, 0.6) is 0 Å². The van der Waals surface area contributed by atoms with Crippen molar-refractivity contribution in [2.45, 2.75) is 39.7 Å². The molecule has 1 heterocycles. The van der Waals surface area contributed by atoms with Gasteiger partial charge in [-0.2, -0.15) is 0 Å². The van der Waals surface area contributed by atoms with Crippen LogP contribution < -0.4 is 5.32 Å². The van der Waals surface area contributed by atoms with E-state index in [1.54, 1.807) is 13.1 Å². The fraction of sp³-hybridized carbons (Fsp3) is 0.375. The van der Waals surface area contributed by atoms with E-state index in [1.165, 1.54) is 11.3 Å². The molecule has 5 heteroatoms. The van der Waals surface area contributed by atoms with Crippen molar-refractivity contribution in [2.24, 2.45) is 0 Å². The number of thiazole rings is 1. The zero-order valence-corrected chi connectivity index (χ0v) is 14.2. The number of hydrogen-bond acceptors (Lipinski definition) is 4. The molecule has 0 saturated carbocycles. The Morgan fingerprint density at radius 2 is 2.10 bits per heavy atom. The van der Waals surface area contributed by atoms with Crippen molar-refractivity contribution >= 4 is 34.4 Å². The molecule has 0 saturated heterocycles. The van der Waals surface area contributed by atoms with Gasteiger partial charge in [0.15, 0.2) is 10.3 Å². The van der Waals surface area contributed by atoms with Crippen LogP contribution in [0.1, 0.15) is 48.5 Å². The van der Waals surface area contributed by atoms with Gasteiger partial charge in [-0.3, -0.25) is 4.79 Å². The van der Waals surface area contributed by atoms with Crippen LogP contribution in [0.15, 0.2) is 24.4 Å². The second-order valence-corrected chi connectivity index (χ2v) is 7.70. The molecular weight excluding hydrogens is 304 g/mol. The highest BCUT2D eigenvalue weighted by molar-refractivity contribution is 7.15. The van der Waals surface area contributed by atoms with Crippen molar-refractivity contribution in [2.75, 3.05) is 5.32 Å². The Balaban J connectivity index is 2.27. The van der Waals surface area contributed by atoms with Gasteiger partial charge in [-0.25, -0.2) is 4.98 Å². The zero-order valence-electron chi connectivity index (χ0n) is 12.7. The third kappa shape index (κ3) is 4.05. The summed E-state index contributed by atoms with van der Waals surface area (Å²) in [6, 6.07) is 5.81. The number of hydrogen-bond donors (Lipinski definition) is 1. The summed E-state index contributed by atoms with van der Waals surface area (Å²) in [4.78, 5) is 16.7. The minimum absolute atomic E-state index is 0.0425. The molecule has 2 aromatic rings. The van der Waals surface area contributed by atoms with Crippen molar-refractivity contribution < 1.29 is 4.79 Å². The lowest BCUT2D eigenvalue weighted by atomic mass is 9.84. The van der Waals surface area contributed by atoms with Gasteiger partial charge in [0.2, 0.25) is 0 Å². The second-order valence-electron chi connectivity index (χ2n) is 6.00. The number of benzene rings is 1. The van der Waals surface area contributed by atoms with Crippen LogP contribution in [0.4, 0.5) is 5.69 Å². The number of halogens is 1. The molecular formula is C16H19ClN2OS. The van der Waals surface area contributed by atoms with E-state index in [4.69, 9.17) is 11.6 Å². The normalized spacial score (nSPS) is 11.5. The smallest absolute Gasteiger partial charge is 0.183 e. The SMILES string of the molecule is CC(=O)c1ccc(NCc2cnc(Cl)s2)c(C(C)(C)C)c1. The van der Waals surface area contributed by atoms with Gasteiger partial charge in [-0.15, -0.1) is 11.3 Å². The van der Waals surface area contributed by atoms with Gasteiger partial charge in [0.1, 0.15) is 0 Å². The lowest BCUT2D eigenvalue weighted by Crippen LogP contribution is -2.15. The quantitative estimate of drug-likeness (QED) is 0.813. The largest absolute Gasteiger partial charge is 0.380 e. The standard InChI is InChI=1S/C16H19ClN2OS/c1-10(20)11-5-6-14(13(7-11)16(2,3)4)18-8-12-9-19-15(17)21-12/h5-7,9,18H,8H2,1-4H3. The van der Waals surface area contributed by atoms with E-state index in [0.717, 1.165) is 21.7 Å². The molecule has 1 aromatic carbocycles. The Bertz CT molecular complexity index is 659. The summed E-state index contributed by atoms with van der Waals surface area (Å²) < 4.78 is 0.551. The number of carbonyl (C=O) groups is 1. The highest BCUT2D eigenvalue weighted by Crippen LogP contribution is 2.31. The van der Waals surface area contributed by atoms with Crippen LogP contribution in [-0.2, 0) is 12.0 Å². The Morgan fingerprint density at radius 3 is 2.62 bits per heavy atom. The molecule has 112 valence electrons. The molecule has 21 heavy (non-hydrogen) atoms. The second kappa shape index (κ2) is 6.16. The van der Waals surface area contributed by atoms with Crippen LogP contribution in [0.2, 0.25) is 4.47 Å². The number of nitrogens with one attached hydrogen (secondary N) is 1. The molecule has 1 N–H and O–H groups in total. The van der Waals surface area contributed by atoms with Crippen LogP contribution in [-0.4, -0.2) is 10.8 Å². The topological polar surface area (TPSA) is 42.0 Å². The third-order valence-corrected chi connectivity index (χ3v) is 4.33. The zero-order chi connectivity index (χ0) is 15.6. The Kier molecular flexibility index (Phi) is 4.69. The van der Waals surface area contributed by atoms with E-state index < -0.39 is 0 Å². The number of nitrogens with zero attached hydrogens (tertiary/aromatic N) is 1. The number of ketones is 1.